The van der Waals surface area contributed by atoms with Gasteiger partial charge in [0.15, 0.2) is 0 Å². The quantitative estimate of drug-likeness (QED) is 0.560. The summed E-state index contributed by atoms with van der Waals surface area (Å²) in [7, 11) is 0. The Balaban J connectivity index is 2.77. The number of rotatable bonds is 4. The van der Waals surface area contributed by atoms with Crippen molar-refractivity contribution in [2.24, 2.45) is 0 Å². The molecule has 0 radical (unpaired) electrons. The zero-order valence-corrected chi connectivity index (χ0v) is 8.03. The van der Waals surface area contributed by atoms with Crippen molar-refractivity contribution in [3.63, 3.8) is 0 Å². The Morgan fingerprint density at radius 3 is 2.36 bits per heavy atom. The van der Waals surface area contributed by atoms with Crippen LogP contribution in [0.1, 0.15) is 0 Å². The number of nitrogens with one attached hydrogen (secondary N) is 1. The molecule has 1 aromatic rings. The number of hydrogen-bond donors (Lipinski definition) is 2. The van der Waals surface area contributed by atoms with E-state index in [1.54, 1.807) is 12.2 Å². The Labute approximate surface area is 84.4 Å². The van der Waals surface area contributed by atoms with Crippen LogP contribution in [0.5, 0.6) is 0 Å². The number of nitrogens with two attached hydrogens (primary N) is 1. The monoisotopic (exact) mass is 186 g/mol. The lowest BCUT2D eigenvalue weighted by Gasteiger charge is -2.06. The number of nitrogen functional groups attached to an aromatic ring is 1. The summed E-state index contributed by atoms with van der Waals surface area (Å²) in [6, 6.07) is 7.51. The van der Waals surface area contributed by atoms with Crippen LogP contribution in [0.4, 0.5) is 11.4 Å². The lowest BCUT2D eigenvalue weighted by atomic mass is 10.2. The maximum Gasteiger partial charge on any atom is 0.0385 e. The predicted molar refractivity (Wildman–Crippen MR) is 63.0 cm³/mol. The van der Waals surface area contributed by atoms with Crippen molar-refractivity contribution in [1.82, 2.24) is 0 Å². The molecule has 0 aliphatic heterocycles. The van der Waals surface area contributed by atoms with Gasteiger partial charge >= 0.3 is 0 Å². The Bertz CT molecular complexity index is 347. The highest BCUT2D eigenvalue weighted by Gasteiger charge is 1.92. The van der Waals surface area contributed by atoms with E-state index in [0.717, 1.165) is 17.1 Å². The molecular weight excluding hydrogens is 172 g/mol. The largest absolute Gasteiger partial charge is 0.399 e. The van der Waals surface area contributed by atoms with E-state index in [0.29, 0.717) is 0 Å². The SMILES string of the molecule is C=C/C=C(\C=C)Nc1ccc(N)cc1. The molecule has 0 bridgehead atoms. The normalized spacial score (nSPS) is 10.7. The zero-order chi connectivity index (χ0) is 10.4. The number of allylic oxidation sites excluding steroid dienone is 3. The Morgan fingerprint density at radius 1 is 1.21 bits per heavy atom. The van der Waals surface area contributed by atoms with E-state index in [4.69, 9.17) is 5.73 Å². The fourth-order valence-electron chi connectivity index (χ4n) is 1.02. The van der Waals surface area contributed by atoms with Gasteiger partial charge in [0, 0.05) is 17.1 Å². The average Bonchev–Trinajstić information content (AvgIpc) is 2.20. The molecule has 2 heteroatoms. The molecule has 0 aliphatic rings. The third-order valence-electron chi connectivity index (χ3n) is 1.72. The molecule has 0 heterocycles. The second-order valence-electron chi connectivity index (χ2n) is 2.81. The fourth-order valence-corrected chi connectivity index (χ4v) is 1.02. The maximum absolute atomic E-state index is 5.57. The second-order valence-corrected chi connectivity index (χ2v) is 2.81. The van der Waals surface area contributed by atoms with Crippen molar-refractivity contribution in [2.45, 2.75) is 0 Å². The van der Waals surface area contributed by atoms with Crippen molar-refractivity contribution >= 4 is 11.4 Å². The highest BCUT2D eigenvalue weighted by Crippen LogP contribution is 2.13. The molecule has 0 aliphatic carbocycles. The van der Waals surface area contributed by atoms with Crippen molar-refractivity contribution < 1.29 is 0 Å². The lowest BCUT2D eigenvalue weighted by molar-refractivity contribution is 1.48. The number of hydrogen-bond acceptors (Lipinski definition) is 2. The topological polar surface area (TPSA) is 38.0 Å². The lowest BCUT2D eigenvalue weighted by Crippen LogP contribution is -1.96. The minimum atomic E-state index is 0.753. The van der Waals surface area contributed by atoms with Gasteiger partial charge in [-0.05, 0) is 36.4 Å². The molecule has 0 aromatic heterocycles. The Kier molecular flexibility index (Phi) is 3.56. The van der Waals surface area contributed by atoms with Crippen LogP contribution in [0, 0.1) is 0 Å². The molecule has 0 atom stereocenters. The van der Waals surface area contributed by atoms with Gasteiger partial charge in [-0.3, -0.25) is 0 Å². The molecule has 72 valence electrons. The van der Waals surface area contributed by atoms with Gasteiger partial charge in [-0.25, -0.2) is 0 Å². The van der Waals surface area contributed by atoms with Gasteiger partial charge in [0.1, 0.15) is 0 Å². The summed E-state index contributed by atoms with van der Waals surface area (Å²) in [4.78, 5) is 0. The molecule has 1 aromatic carbocycles. The third-order valence-corrected chi connectivity index (χ3v) is 1.72. The second kappa shape index (κ2) is 4.92. The highest BCUT2D eigenvalue weighted by molar-refractivity contribution is 5.55. The smallest absolute Gasteiger partial charge is 0.0385 e. The Hall–Kier alpha value is -1.96. The van der Waals surface area contributed by atoms with E-state index in [1.165, 1.54) is 0 Å². The van der Waals surface area contributed by atoms with Gasteiger partial charge in [0.25, 0.3) is 0 Å². The van der Waals surface area contributed by atoms with Gasteiger partial charge in [-0.1, -0.05) is 19.2 Å². The predicted octanol–water partition coefficient (Wildman–Crippen LogP) is 2.94. The van der Waals surface area contributed by atoms with Crippen LogP contribution in [0.25, 0.3) is 0 Å². The summed E-state index contributed by atoms with van der Waals surface area (Å²) in [5.41, 5.74) is 8.21. The molecule has 0 saturated heterocycles. The van der Waals surface area contributed by atoms with E-state index >= 15 is 0 Å². The summed E-state index contributed by atoms with van der Waals surface area (Å²) in [6.07, 6.45) is 5.29. The van der Waals surface area contributed by atoms with Crippen molar-refractivity contribution in [1.29, 1.82) is 0 Å². The van der Waals surface area contributed by atoms with E-state index in [-0.39, 0.29) is 0 Å². The van der Waals surface area contributed by atoms with Crippen molar-refractivity contribution in [3.05, 3.63) is 61.3 Å². The molecule has 3 N–H and O–H groups in total. The number of benzene rings is 1. The van der Waals surface area contributed by atoms with Crippen LogP contribution in [0.15, 0.2) is 61.3 Å². The first kappa shape index (κ1) is 10.1. The molecule has 0 amide bonds. The summed E-state index contributed by atoms with van der Waals surface area (Å²) in [6.45, 7) is 7.31. The van der Waals surface area contributed by atoms with E-state index < -0.39 is 0 Å². The van der Waals surface area contributed by atoms with Crippen LogP contribution in [0.3, 0.4) is 0 Å². The number of anilines is 2. The van der Waals surface area contributed by atoms with Crippen LogP contribution in [-0.4, -0.2) is 0 Å². The van der Waals surface area contributed by atoms with Gasteiger partial charge < -0.3 is 11.1 Å². The standard InChI is InChI=1S/C12H14N2/c1-3-5-11(4-2)14-12-8-6-10(13)7-9-12/h3-9,14H,1-2,13H2/b11-5+. The minimum absolute atomic E-state index is 0.753. The fraction of sp³-hybridized carbons (Fsp3) is 0. The van der Waals surface area contributed by atoms with Gasteiger partial charge in [-0.2, -0.15) is 0 Å². The molecule has 0 saturated carbocycles. The van der Waals surface area contributed by atoms with Gasteiger partial charge in [0.2, 0.25) is 0 Å². The first-order valence-electron chi connectivity index (χ1n) is 4.34. The van der Waals surface area contributed by atoms with Gasteiger partial charge in [-0.15, -0.1) is 0 Å². The van der Waals surface area contributed by atoms with E-state index in [1.807, 2.05) is 30.3 Å². The van der Waals surface area contributed by atoms with Crippen LogP contribution < -0.4 is 11.1 Å². The molecule has 0 unspecified atom stereocenters. The van der Waals surface area contributed by atoms with Crippen molar-refractivity contribution in [2.75, 3.05) is 11.1 Å². The van der Waals surface area contributed by atoms with Crippen LogP contribution >= 0.6 is 0 Å². The first-order chi connectivity index (χ1) is 6.76. The maximum atomic E-state index is 5.57. The Morgan fingerprint density at radius 2 is 1.86 bits per heavy atom. The minimum Gasteiger partial charge on any atom is -0.399 e. The molecular formula is C12H14N2. The van der Waals surface area contributed by atoms with E-state index in [2.05, 4.69) is 18.5 Å². The van der Waals surface area contributed by atoms with Crippen LogP contribution in [0.2, 0.25) is 0 Å². The molecule has 0 fully saturated rings. The average molecular weight is 186 g/mol. The third kappa shape index (κ3) is 2.83. The molecule has 14 heavy (non-hydrogen) atoms. The van der Waals surface area contributed by atoms with Crippen molar-refractivity contribution in [3.8, 4) is 0 Å². The summed E-state index contributed by atoms with van der Waals surface area (Å²) in [5.74, 6) is 0. The molecule has 2 nitrogen and oxygen atoms in total. The summed E-state index contributed by atoms with van der Waals surface area (Å²) >= 11 is 0. The highest BCUT2D eigenvalue weighted by atomic mass is 14.9. The first-order valence-corrected chi connectivity index (χ1v) is 4.34. The van der Waals surface area contributed by atoms with Crippen LogP contribution in [-0.2, 0) is 0 Å². The van der Waals surface area contributed by atoms with E-state index in [9.17, 15) is 0 Å². The molecule has 1 rings (SSSR count). The summed E-state index contributed by atoms with van der Waals surface area (Å²) < 4.78 is 0. The zero-order valence-electron chi connectivity index (χ0n) is 8.03. The molecule has 0 spiro atoms. The van der Waals surface area contributed by atoms with Gasteiger partial charge in [0.05, 0.1) is 0 Å². The summed E-state index contributed by atoms with van der Waals surface area (Å²) in [5, 5.41) is 3.17.